The van der Waals surface area contributed by atoms with E-state index in [0.29, 0.717) is 42.9 Å². The number of carbonyl (C=O) groups excluding carboxylic acids is 2. The van der Waals surface area contributed by atoms with E-state index in [1.165, 1.54) is 18.9 Å². The molecule has 2 saturated carbocycles. The lowest BCUT2D eigenvalue weighted by Gasteiger charge is -2.63. The van der Waals surface area contributed by atoms with Crippen molar-refractivity contribution in [1.82, 2.24) is 9.80 Å². The van der Waals surface area contributed by atoms with Crippen LogP contribution in [0.15, 0.2) is 36.4 Å². The summed E-state index contributed by atoms with van der Waals surface area (Å²) in [5, 5.41) is 23.3. The molecule has 38 heavy (non-hydrogen) atoms. The highest BCUT2D eigenvalue weighted by atomic mass is 16.5. The molecule has 0 unspecified atom stereocenters. The molecule has 2 aliphatic heterocycles. The van der Waals surface area contributed by atoms with Crippen molar-refractivity contribution in [2.24, 2.45) is 5.92 Å². The van der Waals surface area contributed by atoms with Crippen LogP contribution in [0, 0.1) is 24.7 Å². The number of hydrogen-bond donors (Lipinski definition) is 2. The van der Waals surface area contributed by atoms with E-state index < -0.39 is 23.2 Å². The van der Waals surface area contributed by atoms with E-state index in [-0.39, 0.29) is 29.2 Å². The molecule has 7 rings (SSSR count). The predicted molar refractivity (Wildman–Crippen MR) is 140 cm³/mol. The first-order chi connectivity index (χ1) is 18.2. The SMILES string of the molecule is Cc1cccc(C#CC(=O)N(C)[C@H]2CC[C@@]3(O)[C@H]4C(=O)c5ccc(O)c6c5[C@@]3(CCN4CC3CC3)[C@H]2O6)c1. The van der Waals surface area contributed by atoms with Crippen LogP contribution in [0.2, 0.25) is 0 Å². The van der Waals surface area contributed by atoms with E-state index in [0.717, 1.165) is 17.7 Å². The van der Waals surface area contributed by atoms with E-state index in [2.05, 4.69) is 16.7 Å². The molecule has 7 heteroatoms. The molecule has 196 valence electrons. The van der Waals surface area contributed by atoms with E-state index in [1.54, 1.807) is 18.0 Å². The number of nitrogens with zero attached hydrogens (tertiary/aromatic N) is 2. The van der Waals surface area contributed by atoms with Gasteiger partial charge in [0.1, 0.15) is 17.7 Å². The number of ether oxygens (including phenoxy) is 1. The second-order valence-electron chi connectivity index (χ2n) is 11.9. The molecular weight excluding hydrogens is 480 g/mol. The van der Waals surface area contributed by atoms with Gasteiger partial charge in [0, 0.05) is 42.7 Å². The van der Waals surface area contributed by atoms with Crippen molar-refractivity contribution in [3.63, 3.8) is 0 Å². The molecule has 0 radical (unpaired) electrons. The molecule has 2 aromatic rings. The van der Waals surface area contributed by atoms with Gasteiger partial charge in [-0.15, -0.1) is 0 Å². The molecule has 2 bridgehead atoms. The summed E-state index contributed by atoms with van der Waals surface area (Å²) in [7, 11) is 1.74. The quantitative estimate of drug-likeness (QED) is 0.615. The zero-order valence-corrected chi connectivity index (χ0v) is 21.7. The number of amides is 1. The van der Waals surface area contributed by atoms with Crippen LogP contribution in [0.25, 0.3) is 0 Å². The fraction of sp³-hybridized carbons (Fsp3) is 0.484. The Morgan fingerprint density at radius 1 is 1.21 bits per heavy atom. The molecule has 1 amide bonds. The lowest BCUT2D eigenvalue weighted by Crippen LogP contribution is -2.79. The first kappa shape index (κ1) is 23.8. The molecule has 1 saturated heterocycles. The van der Waals surface area contributed by atoms with Crippen LogP contribution in [-0.4, -0.2) is 75.6 Å². The van der Waals surface area contributed by atoms with Gasteiger partial charge in [-0.2, -0.15) is 0 Å². The van der Waals surface area contributed by atoms with Crippen molar-refractivity contribution in [2.45, 2.75) is 68.2 Å². The summed E-state index contributed by atoms with van der Waals surface area (Å²) in [5.41, 5.74) is 0.806. The smallest absolute Gasteiger partial charge is 0.298 e. The standard InChI is InChI=1S/C31H32N2O5/c1-18-4-3-5-19(16-18)8-11-24(35)32(2)22-12-13-31(37)28-26(36)21-9-10-23(34)27-25(21)30(31,29(22)38-27)14-15-33(28)17-20-6-7-20/h3-5,9-10,16,20,22,28-29,34,37H,6-7,12-15,17H2,1-2H3/t22-,28+,29-,30-,31+/m0/s1. The predicted octanol–water partition coefficient (Wildman–Crippen LogP) is 2.78. The largest absolute Gasteiger partial charge is 0.504 e. The molecule has 2 N–H and O–H groups in total. The second kappa shape index (κ2) is 8.08. The lowest BCUT2D eigenvalue weighted by molar-refractivity contribution is -0.187. The zero-order chi connectivity index (χ0) is 26.4. The minimum Gasteiger partial charge on any atom is -0.504 e. The van der Waals surface area contributed by atoms with Crippen LogP contribution < -0.4 is 4.74 Å². The highest BCUT2D eigenvalue weighted by molar-refractivity contribution is 6.06. The number of phenols is 1. The molecule has 3 aliphatic carbocycles. The average molecular weight is 513 g/mol. The summed E-state index contributed by atoms with van der Waals surface area (Å²) in [6, 6.07) is 9.91. The minimum absolute atomic E-state index is 0.0338. The molecule has 3 fully saturated rings. The molecule has 2 aromatic carbocycles. The van der Waals surface area contributed by atoms with Gasteiger partial charge in [0.15, 0.2) is 17.3 Å². The number of likely N-dealkylation sites (N-methyl/N-ethyl adjacent to an activating group) is 1. The zero-order valence-electron chi connectivity index (χ0n) is 21.7. The van der Waals surface area contributed by atoms with Crippen molar-refractivity contribution in [2.75, 3.05) is 20.1 Å². The number of ketones is 1. The number of aryl methyl sites for hydroxylation is 1. The first-order valence-corrected chi connectivity index (χ1v) is 13.6. The normalized spacial score (nSPS) is 32.6. The van der Waals surface area contributed by atoms with Gasteiger partial charge < -0.3 is 19.8 Å². The number of aliphatic hydroxyl groups is 1. The van der Waals surface area contributed by atoms with Gasteiger partial charge in [-0.1, -0.05) is 18.1 Å². The Labute approximate surface area is 222 Å². The van der Waals surface area contributed by atoms with Crippen LogP contribution in [0.5, 0.6) is 11.5 Å². The second-order valence-corrected chi connectivity index (χ2v) is 11.9. The van der Waals surface area contributed by atoms with Gasteiger partial charge in [-0.3, -0.25) is 14.5 Å². The van der Waals surface area contributed by atoms with Crippen molar-refractivity contribution in [3.05, 3.63) is 58.7 Å². The van der Waals surface area contributed by atoms with E-state index >= 15 is 0 Å². The van der Waals surface area contributed by atoms with Gasteiger partial charge in [0.25, 0.3) is 5.91 Å². The first-order valence-electron chi connectivity index (χ1n) is 13.6. The Kier molecular flexibility index (Phi) is 5.05. The molecule has 0 aromatic heterocycles. The van der Waals surface area contributed by atoms with Crippen molar-refractivity contribution < 1.29 is 24.5 Å². The maximum Gasteiger partial charge on any atom is 0.298 e. The number of phenolic OH excluding ortho intramolecular Hbond substituents is 1. The third-order valence-electron chi connectivity index (χ3n) is 9.72. The number of carbonyl (C=O) groups is 2. The number of hydrogen-bond acceptors (Lipinski definition) is 6. The number of benzene rings is 2. The summed E-state index contributed by atoms with van der Waals surface area (Å²) < 4.78 is 6.49. The Balaban J connectivity index is 1.29. The fourth-order valence-electron chi connectivity index (χ4n) is 7.78. The fourth-order valence-corrected chi connectivity index (χ4v) is 7.78. The van der Waals surface area contributed by atoms with Gasteiger partial charge in [-0.25, -0.2) is 0 Å². The minimum atomic E-state index is -1.33. The number of piperidine rings is 1. The number of aromatic hydroxyl groups is 1. The van der Waals surface area contributed by atoms with Gasteiger partial charge >= 0.3 is 0 Å². The molecule has 1 spiro atoms. The van der Waals surface area contributed by atoms with E-state index in [9.17, 15) is 19.8 Å². The summed E-state index contributed by atoms with van der Waals surface area (Å²) in [4.78, 5) is 31.0. The van der Waals surface area contributed by atoms with Crippen LogP contribution in [-0.2, 0) is 10.2 Å². The van der Waals surface area contributed by atoms with Crippen LogP contribution in [0.4, 0.5) is 0 Å². The monoisotopic (exact) mass is 512 g/mol. The van der Waals surface area contributed by atoms with Crippen LogP contribution >= 0.6 is 0 Å². The lowest BCUT2D eigenvalue weighted by atomic mass is 9.48. The molecule has 2 heterocycles. The van der Waals surface area contributed by atoms with Gasteiger partial charge in [0.05, 0.1) is 11.5 Å². The Bertz CT molecular complexity index is 1440. The summed E-state index contributed by atoms with van der Waals surface area (Å²) >= 11 is 0. The van der Waals surface area contributed by atoms with Gasteiger partial charge in [-0.05, 0) is 74.8 Å². The molecule has 5 aliphatic rings. The maximum absolute atomic E-state index is 13.9. The highest BCUT2D eigenvalue weighted by Crippen LogP contribution is 2.65. The topological polar surface area (TPSA) is 90.3 Å². The van der Waals surface area contributed by atoms with E-state index in [1.807, 2.05) is 31.2 Å². The molecule has 5 atom stereocenters. The number of likely N-dealkylation sites (tertiary alicyclic amines) is 1. The Hall–Kier alpha value is -3.34. The van der Waals surface area contributed by atoms with Crippen molar-refractivity contribution >= 4 is 11.7 Å². The average Bonchev–Trinajstić information content (AvgIpc) is 3.64. The molecular formula is C31H32N2O5. The van der Waals surface area contributed by atoms with Crippen molar-refractivity contribution in [1.29, 1.82) is 0 Å². The Morgan fingerprint density at radius 2 is 2.03 bits per heavy atom. The van der Waals surface area contributed by atoms with Crippen molar-refractivity contribution in [3.8, 4) is 23.3 Å². The highest BCUT2D eigenvalue weighted by Gasteiger charge is 2.75. The van der Waals surface area contributed by atoms with E-state index in [4.69, 9.17) is 4.74 Å². The molecule has 7 nitrogen and oxygen atoms in total. The van der Waals surface area contributed by atoms with Gasteiger partial charge in [0.2, 0.25) is 0 Å². The summed E-state index contributed by atoms with van der Waals surface area (Å²) in [6.07, 6.45) is 3.19. The summed E-state index contributed by atoms with van der Waals surface area (Å²) in [5.74, 6) is 6.19. The number of rotatable bonds is 3. The third-order valence-corrected chi connectivity index (χ3v) is 9.72. The third kappa shape index (κ3) is 3.11. The van der Waals surface area contributed by atoms with Crippen LogP contribution in [0.1, 0.15) is 59.2 Å². The maximum atomic E-state index is 13.9. The van der Waals surface area contributed by atoms with Crippen LogP contribution in [0.3, 0.4) is 0 Å². The summed E-state index contributed by atoms with van der Waals surface area (Å²) in [6.45, 7) is 3.47. The number of Topliss-reactive ketones (excluding diaryl/α,β-unsaturated/α-hetero) is 1. The Morgan fingerprint density at radius 3 is 2.79 bits per heavy atom.